The number of amides is 1. The van der Waals surface area contributed by atoms with E-state index in [-0.39, 0.29) is 18.5 Å². The molecule has 0 unspecified atom stereocenters. The van der Waals surface area contributed by atoms with Gasteiger partial charge in [-0.1, -0.05) is 12.8 Å². The highest BCUT2D eigenvalue weighted by atomic mass is 32.3. The summed E-state index contributed by atoms with van der Waals surface area (Å²) >= 11 is 0. The number of likely N-dealkylation sites (tertiary alicyclic amines) is 1. The zero-order chi connectivity index (χ0) is 25.3. The number of carbonyl (C=O) groups excluding carboxylic acids is 1. The van der Waals surface area contributed by atoms with E-state index in [0.29, 0.717) is 29.3 Å². The van der Waals surface area contributed by atoms with E-state index in [0.717, 1.165) is 55.4 Å². The first kappa shape index (κ1) is 24.7. The molecular formula is C26H33FN6O2S. The third kappa shape index (κ3) is 5.24. The maximum absolute atomic E-state index is 14.0. The van der Waals surface area contributed by atoms with Gasteiger partial charge in [0, 0.05) is 36.6 Å². The van der Waals surface area contributed by atoms with Crippen LogP contribution in [0.2, 0.25) is 0 Å². The van der Waals surface area contributed by atoms with E-state index in [2.05, 4.69) is 28.7 Å². The SMILES string of the molecule is CS(C)(C)CCOCn1nc(-c2cnc3ccc(F)cn23)c2cnc(C(=O)N3CCCCCC3)cc21. The zero-order valence-electron chi connectivity index (χ0n) is 21.1. The largest absolute Gasteiger partial charge is 0.358 e. The van der Waals surface area contributed by atoms with E-state index >= 15 is 0 Å². The van der Waals surface area contributed by atoms with Crippen LogP contribution in [0.1, 0.15) is 36.2 Å². The molecule has 0 aliphatic carbocycles. The van der Waals surface area contributed by atoms with Crippen molar-refractivity contribution in [3.8, 4) is 11.4 Å². The lowest BCUT2D eigenvalue weighted by atomic mass is 10.2. The lowest BCUT2D eigenvalue weighted by Gasteiger charge is -2.24. The van der Waals surface area contributed by atoms with Crippen LogP contribution in [0.5, 0.6) is 0 Å². The highest BCUT2D eigenvalue weighted by Crippen LogP contribution is 2.34. The van der Waals surface area contributed by atoms with Gasteiger partial charge in [-0.3, -0.25) is 14.2 Å². The normalized spacial score (nSPS) is 15.5. The van der Waals surface area contributed by atoms with E-state index in [1.807, 2.05) is 4.90 Å². The quantitative estimate of drug-likeness (QED) is 0.339. The third-order valence-corrected chi connectivity index (χ3v) is 7.91. The van der Waals surface area contributed by atoms with Gasteiger partial charge >= 0.3 is 0 Å². The number of carbonyl (C=O) groups is 1. The fourth-order valence-corrected chi connectivity index (χ4v) is 5.12. The Hall–Kier alpha value is -2.98. The Kier molecular flexibility index (Phi) is 6.98. The second-order valence-corrected chi connectivity index (χ2v) is 14.8. The van der Waals surface area contributed by atoms with Crippen LogP contribution < -0.4 is 0 Å². The minimum absolute atomic E-state index is 0.0535. The second-order valence-electron chi connectivity index (χ2n) is 10.2. The Bertz CT molecular complexity index is 1380. The molecule has 0 saturated carbocycles. The molecule has 5 heterocycles. The summed E-state index contributed by atoms with van der Waals surface area (Å²) in [6.07, 6.45) is 15.9. The van der Waals surface area contributed by atoms with Crippen LogP contribution in [-0.2, 0) is 11.5 Å². The highest BCUT2D eigenvalue weighted by Gasteiger charge is 2.22. The van der Waals surface area contributed by atoms with Gasteiger partial charge in [-0.15, -0.1) is 0 Å². The van der Waals surface area contributed by atoms with E-state index in [4.69, 9.17) is 9.84 Å². The zero-order valence-corrected chi connectivity index (χ0v) is 21.9. The number of ether oxygens (including phenoxy) is 1. The van der Waals surface area contributed by atoms with E-state index in [9.17, 15) is 9.18 Å². The van der Waals surface area contributed by atoms with Crippen molar-refractivity contribution in [1.29, 1.82) is 0 Å². The molecule has 1 saturated heterocycles. The lowest BCUT2D eigenvalue weighted by molar-refractivity contribution is 0.0755. The molecule has 0 N–H and O–H groups in total. The second kappa shape index (κ2) is 10.2. The Labute approximate surface area is 211 Å². The summed E-state index contributed by atoms with van der Waals surface area (Å²) in [7, 11) is -0.675. The average molecular weight is 513 g/mol. The molecule has 1 fully saturated rings. The van der Waals surface area contributed by atoms with Crippen molar-refractivity contribution in [2.75, 3.05) is 44.2 Å². The fraction of sp³-hybridized carbons (Fsp3) is 0.462. The molecule has 4 aromatic rings. The molecule has 192 valence electrons. The standard InChI is InChI=1S/C26H33FN6O2S/c1-36(2,3)13-12-35-18-33-22-14-21(26(34)31-10-6-4-5-7-11-31)28-15-20(22)25(30-33)23-16-29-24-9-8-19(27)17-32(23)24/h8-9,14-17H,4-7,10-13,18H2,1-3H3. The Morgan fingerprint density at radius 1 is 1.08 bits per heavy atom. The van der Waals surface area contributed by atoms with Gasteiger partial charge in [0.15, 0.2) is 0 Å². The molecule has 4 aromatic heterocycles. The van der Waals surface area contributed by atoms with E-state index < -0.39 is 10.0 Å². The van der Waals surface area contributed by atoms with Gasteiger partial charge in [-0.2, -0.15) is 5.10 Å². The Morgan fingerprint density at radius 2 is 1.86 bits per heavy atom. The molecule has 0 aromatic carbocycles. The monoisotopic (exact) mass is 512 g/mol. The van der Waals surface area contributed by atoms with Gasteiger partial charge < -0.3 is 9.64 Å². The van der Waals surface area contributed by atoms with Crippen molar-refractivity contribution in [1.82, 2.24) is 29.0 Å². The Balaban J connectivity index is 1.53. The summed E-state index contributed by atoms with van der Waals surface area (Å²) in [4.78, 5) is 24.1. The molecule has 1 aliphatic heterocycles. The molecule has 1 aliphatic rings. The predicted octanol–water partition coefficient (Wildman–Crippen LogP) is 4.57. The van der Waals surface area contributed by atoms with Crippen molar-refractivity contribution in [2.24, 2.45) is 0 Å². The van der Waals surface area contributed by atoms with Gasteiger partial charge in [0.05, 0.1) is 24.0 Å². The topological polar surface area (TPSA) is 77.5 Å². The molecular weight excluding hydrogens is 479 g/mol. The molecule has 0 spiro atoms. The van der Waals surface area contributed by atoms with E-state index in [1.54, 1.807) is 33.6 Å². The maximum Gasteiger partial charge on any atom is 0.272 e. The predicted molar refractivity (Wildman–Crippen MR) is 142 cm³/mol. The minimum atomic E-state index is -0.675. The highest BCUT2D eigenvalue weighted by molar-refractivity contribution is 8.32. The van der Waals surface area contributed by atoms with Crippen molar-refractivity contribution in [3.63, 3.8) is 0 Å². The summed E-state index contributed by atoms with van der Waals surface area (Å²) in [6.45, 7) is 2.39. The number of aromatic nitrogens is 5. The van der Waals surface area contributed by atoms with Gasteiger partial charge in [0.2, 0.25) is 0 Å². The first-order valence-corrected chi connectivity index (χ1v) is 15.4. The molecule has 5 rings (SSSR count). The Morgan fingerprint density at radius 3 is 2.61 bits per heavy atom. The summed E-state index contributed by atoms with van der Waals surface area (Å²) in [6, 6.07) is 4.82. The molecule has 8 nitrogen and oxygen atoms in total. The van der Waals surface area contributed by atoms with Gasteiger partial charge in [0.1, 0.15) is 29.6 Å². The molecule has 36 heavy (non-hydrogen) atoms. The van der Waals surface area contributed by atoms with Crippen molar-refractivity contribution >= 4 is 32.5 Å². The molecule has 1 amide bonds. The van der Waals surface area contributed by atoms with Crippen molar-refractivity contribution < 1.29 is 13.9 Å². The number of hydrogen-bond acceptors (Lipinski definition) is 5. The number of halogens is 1. The van der Waals surface area contributed by atoms with E-state index in [1.165, 1.54) is 12.3 Å². The number of imidazole rings is 1. The van der Waals surface area contributed by atoms with Crippen molar-refractivity contribution in [3.05, 3.63) is 48.3 Å². The van der Waals surface area contributed by atoms with Gasteiger partial charge in [0.25, 0.3) is 5.91 Å². The average Bonchev–Trinajstić information content (AvgIpc) is 3.29. The summed E-state index contributed by atoms with van der Waals surface area (Å²) < 4.78 is 23.5. The molecule has 0 radical (unpaired) electrons. The number of hydrogen-bond donors (Lipinski definition) is 0. The van der Waals surface area contributed by atoms with Gasteiger partial charge in [-0.05, 0) is 49.8 Å². The lowest BCUT2D eigenvalue weighted by Crippen LogP contribution is -2.32. The number of fused-ring (bicyclic) bond motifs is 2. The minimum Gasteiger partial charge on any atom is -0.358 e. The molecule has 0 atom stereocenters. The number of rotatable bonds is 7. The fourth-order valence-electron chi connectivity index (χ4n) is 4.50. The summed E-state index contributed by atoms with van der Waals surface area (Å²) in [5, 5.41) is 5.59. The van der Waals surface area contributed by atoms with Crippen LogP contribution in [-0.4, -0.2) is 79.2 Å². The first-order chi connectivity index (χ1) is 17.3. The van der Waals surface area contributed by atoms with Crippen LogP contribution in [0.25, 0.3) is 27.9 Å². The van der Waals surface area contributed by atoms with Crippen LogP contribution in [0, 0.1) is 5.82 Å². The molecule has 0 bridgehead atoms. The van der Waals surface area contributed by atoms with Crippen LogP contribution >= 0.6 is 10.0 Å². The third-order valence-electron chi connectivity index (χ3n) is 6.51. The van der Waals surface area contributed by atoms with Crippen molar-refractivity contribution in [2.45, 2.75) is 32.4 Å². The first-order valence-electron chi connectivity index (χ1n) is 12.3. The number of nitrogens with zero attached hydrogens (tertiary/aromatic N) is 6. The van der Waals surface area contributed by atoms with Gasteiger partial charge in [-0.25, -0.2) is 24.1 Å². The van der Waals surface area contributed by atoms with Crippen LogP contribution in [0.15, 0.2) is 36.8 Å². The van der Waals surface area contributed by atoms with Crippen LogP contribution in [0.3, 0.4) is 0 Å². The smallest absolute Gasteiger partial charge is 0.272 e. The summed E-state index contributed by atoms with van der Waals surface area (Å²) in [5.74, 6) is 0.579. The molecule has 10 heteroatoms. The maximum atomic E-state index is 14.0. The summed E-state index contributed by atoms with van der Waals surface area (Å²) in [5.41, 5.74) is 3.06. The number of pyridine rings is 2. The van der Waals surface area contributed by atoms with Crippen LogP contribution in [0.4, 0.5) is 4.39 Å².